The molecule has 0 aliphatic carbocycles. The standard InChI is InChI=1S/C43H45BP3/c1-43(2,3)44(34-45(37-22-10-4-11-23-37)38-24-12-5-13-25-38,35-46(39-26-14-6-15-27-39)40-28-16-7-17-29-40)36-47(41-30-18-8-19-31-41)42-32-20-9-21-33-42/h4-33H,34-36H2,1-3H3/q-1. The molecule has 4 heteroatoms. The lowest BCUT2D eigenvalue weighted by Crippen LogP contribution is -2.57. The van der Waals surface area contributed by atoms with Gasteiger partial charge in [-0.3, -0.25) is 0 Å². The number of rotatable bonds is 12. The fraction of sp³-hybridized carbons (Fsp3) is 0.163. The minimum absolute atomic E-state index is 0.0957. The predicted octanol–water partition coefficient (Wildman–Crippen LogP) is 9.25. The Hall–Kier alpha value is -3.33. The summed E-state index contributed by atoms with van der Waals surface area (Å²) in [5.41, 5.74) is 0. The molecule has 47 heavy (non-hydrogen) atoms. The van der Waals surface area contributed by atoms with Crippen molar-refractivity contribution in [2.24, 2.45) is 0 Å². The van der Waals surface area contributed by atoms with E-state index in [1.54, 1.807) is 0 Å². The van der Waals surface area contributed by atoms with Crippen LogP contribution < -0.4 is 31.8 Å². The Bertz CT molecular complexity index is 1450. The van der Waals surface area contributed by atoms with Gasteiger partial charge in [0.15, 0.2) is 0 Å². The van der Waals surface area contributed by atoms with E-state index < -0.39 is 29.9 Å². The zero-order valence-corrected chi connectivity index (χ0v) is 30.5. The Kier molecular flexibility index (Phi) is 11.2. The summed E-state index contributed by atoms with van der Waals surface area (Å²) in [5, 5.41) is 8.99. The Morgan fingerprint density at radius 2 is 0.489 bits per heavy atom. The largest absolute Gasteiger partial charge is 0.162 e. The number of hydrogen-bond donors (Lipinski definition) is 0. The maximum atomic E-state index is 2.56. The van der Waals surface area contributed by atoms with E-state index in [0.717, 1.165) is 0 Å². The molecule has 0 aliphatic heterocycles. The van der Waals surface area contributed by atoms with Crippen molar-refractivity contribution in [3.05, 3.63) is 182 Å². The van der Waals surface area contributed by atoms with Crippen molar-refractivity contribution >= 4 is 61.7 Å². The summed E-state index contributed by atoms with van der Waals surface area (Å²) in [6.45, 7) is 7.68. The summed E-state index contributed by atoms with van der Waals surface area (Å²) in [4.78, 5) is 0. The number of benzene rings is 6. The smallest absolute Gasteiger partial charge is 0.0214 e. The molecule has 0 N–H and O–H groups in total. The third-order valence-corrected chi connectivity index (χ3v) is 18.6. The molecule has 0 bridgehead atoms. The predicted molar refractivity (Wildman–Crippen MR) is 217 cm³/mol. The van der Waals surface area contributed by atoms with Gasteiger partial charge in [0.2, 0.25) is 0 Å². The maximum Gasteiger partial charge on any atom is 0.0214 e. The minimum Gasteiger partial charge on any atom is -0.162 e. The molecule has 236 valence electrons. The van der Waals surface area contributed by atoms with Crippen molar-refractivity contribution < 1.29 is 0 Å². The highest BCUT2D eigenvalue weighted by atomic mass is 31.1. The van der Waals surface area contributed by atoms with Gasteiger partial charge in [0.25, 0.3) is 0 Å². The zero-order valence-electron chi connectivity index (χ0n) is 27.9. The van der Waals surface area contributed by atoms with Gasteiger partial charge >= 0.3 is 0 Å². The van der Waals surface area contributed by atoms with Gasteiger partial charge in [0.1, 0.15) is 0 Å². The highest BCUT2D eigenvalue weighted by Gasteiger charge is 2.42. The summed E-state index contributed by atoms with van der Waals surface area (Å²) in [6, 6.07) is 72.1. The third kappa shape index (κ3) is 8.22. The average Bonchev–Trinajstić information content (AvgIpc) is 3.13. The monoisotopic (exact) mass is 665 g/mol. The molecule has 0 aliphatic rings. The van der Waals surface area contributed by atoms with Crippen LogP contribution in [0.2, 0.25) is 5.31 Å². The van der Waals surface area contributed by atoms with Gasteiger partial charge in [0, 0.05) is 6.15 Å². The lowest BCUT2D eigenvalue weighted by Gasteiger charge is -2.56. The highest BCUT2D eigenvalue weighted by Crippen LogP contribution is 2.55. The van der Waals surface area contributed by atoms with Gasteiger partial charge in [-0.2, -0.15) is 5.31 Å². The van der Waals surface area contributed by atoms with Crippen molar-refractivity contribution in [3.63, 3.8) is 0 Å². The van der Waals surface area contributed by atoms with Gasteiger partial charge in [-0.1, -0.05) is 227 Å². The van der Waals surface area contributed by atoms with Crippen LogP contribution in [0.3, 0.4) is 0 Å². The molecule has 0 atom stereocenters. The van der Waals surface area contributed by atoms with E-state index >= 15 is 0 Å². The number of hydrogen-bond acceptors (Lipinski definition) is 0. The van der Waals surface area contributed by atoms with Crippen molar-refractivity contribution in [1.82, 2.24) is 0 Å². The van der Waals surface area contributed by atoms with Gasteiger partial charge in [-0.15, -0.1) is 18.2 Å². The van der Waals surface area contributed by atoms with Crippen LogP contribution in [0, 0.1) is 0 Å². The Labute approximate surface area is 286 Å². The molecule has 0 heterocycles. The van der Waals surface area contributed by atoms with E-state index in [0.29, 0.717) is 0 Å². The Morgan fingerprint density at radius 3 is 0.638 bits per heavy atom. The minimum atomic E-state index is -0.981. The summed E-state index contributed by atoms with van der Waals surface area (Å²) >= 11 is 0. The van der Waals surface area contributed by atoms with E-state index in [2.05, 4.69) is 203 Å². The first-order valence-electron chi connectivity index (χ1n) is 16.8. The second kappa shape index (κ2) is 15.7. The molecule has 0 unspecified atom stereocenters. The van der Waals surface area contributed by atoms with Crippen LogP contribution in [0.1, 0.15) is 20.8 Å². The SMILES string of the molecule is CC(C)(C)[B-](CP(c1ccccc1)c1ccccc1)(CP(c1ccccc1)c1ccccc1)CP(c1ccccc1)c1ccccc1. The fourth-order valence-electron chi connectivity index (χ4n) is 6.77. The second-order valence-corrected chi connectivity index (χ2v) is 20.5. The fourth-order valence-corrected chi connectivity index (χ4v) is 17.2. The van der Waals surface area contributed by atoms with E-state index in [9.17, 15) is 0 Å². The van der Waals surface area contributed by atoms with Gasteiger partial charge in [-0.25, -0.2) is 0 Å². The topological polar surface area (TPSA) is 0 Å². The van der Waals surface area contributed by atoms with Crippen molar-refractivity contribution in [2.75, 3.05) is 18.2 Å². The summed E-state index contributed by atoms with van der Waals surface area (Å²) in [7, 11) is -1.77. The van der Waals surface area contributed by atoms with Crippen LogP contribution in [-0.2, 0) is 0 Å². The van der Waals surface area contributed by atoms with Gasteiger partial charge in [-0.05, 0) is 31.8 Å². The highest BCUT2D eigenvalue weighted by molar-refractivity contribution is 7.81. The van der Waals surface area contributed by atoms with E-state index in [1.165, 1.54) is 50.0 Å². The lowest BCUT2D eigenvalue weighted by atomic mass is 9.18. The molecule has 0 saturated heterocycles. The molecule has 6 rings (SSSR count). The molecule has 6 aromatic rings. The van der Waals surface area contributed by atoms with E-state index in [1.807, 2.05) is 0 Å². The maximum absolute atomic E-state index is 2.56. The molecular weight excluding hydrogens is 620 g/mol. The van der Waals surface area contributed by atoms with Crippen LogP contribution in [-0.4, -0.2) is 24.3 Å². The van der Waals surface area contributed by atoms with Crippen LogP contribution in [0.5, 0.6) is 0 Å². The van der Waals surface area contributed by atoms with E-state index in [-0.39, 0.29) is 5.31 Å². The molecule has 0 amide bonds. The van der Waals surface area contributed by atoms with Gasteiger partial charge < -0.3 is 0 Å². The molecule has 0 nitrogen and oxygen atoms in total. The first-order chi connectivity index (χ1) is 22.9. The molecule has 0 spiro atoms. The first kappa shape index (κ1) is 33.6. The van der Waals surface area contributed by atoms with Crippen molar-refractivity contribution in [3.8, 4) is 0 Å². The summed E-state index contributed by atoms with van der Waals surface area (Å²) in [5.74, 6) is 0. The van der Waals surface area contributed by atoms with Crippen LogP contribution in [0.4, 0.5) is 0 Å². The normalized spacial score (nSPS) is 12.1. The Morgan fingerprint density at radius 1 is 0.319 bits per heavy atom. The Balaban J connectivity index is 1.57. The lowest BCUT2D eigenvalue weighted by molar-refractivity contribution is 0.720. The molecule has 0 radical (unpaired) electrons. The summed E-state index contributed by atoms with van der Waals surface area (Å²) in [6.07, 6.45) is -0.981. The quantitative estimate of drug-likeness (QED) is 0.0904. The van der Waals surface area contributed by atoms with E-state index in [4.69, 9.17) is 0 Å². The zero-order chi connectivity index (χ0) is 32.5. The van der Waals surface area contributed by atoms with Crippen LogP contribution in [0.15, 0.2) is 182 Å². The molecule has 0 fully saturated rings. The van der Waals surface area contributed by atoms with Gasteiger partial charge in [0.05, 0.1) is 0 Å². The molecule has 0 aromatic heterocycles. The molecule has 0 saturated carbocycles. The summed E-state index contributed by atoms with van der Waals surface area (Å²) < 4.78 is 0. The van der Waals surface area contributed by atoms with Crippen LogP contribution >= 0.6 is 23.8 Å². The molecule has 6 aromatic carbocycles. The third-order valence-electron chi connectivity index (χ3n) is 9.84. The molecular formula is C43H45BP3-. The van der Waals surface area contributed by atoms with Crippen molar-refractivity contribution in [2.45, 2.75) is 26.1 Å². The van der Waals surface area contributed by atoms with Crippen LogP contribution in [0.25, 0.3) is 0 Å². The first-order valence-corrected chi connectivity index (χ1v) is 21.3. The second-order valence-electron chi connectivity index (χ2n) is 13.7. The van der Waals surface area contributed by atoms with Crippen molar-refractivity contribution in [1.29, 1.82) is 0 Å². The average molecular weight is 666 g/mol.